The molecule has 30 heavy (non-hydrogen) atoms. The molecule has 3 rings (SSSR count). The van der Waals surface area contributed by atoms with E-state index < -0.39 is 18.1 Å². The van der Waals surface area contributed by atoms with Gasteiger partial charge in [0.25, 0.3) is 12.3 Å². The summed E-state index contributed by atoms with van der Waals surface area (Å²) in [5, 5.41) is 3.95. The molecule has 162 valence electrons. The first kappa shape index (κ1) is 21.7. The summed E-state index contributed by atoms with van der Waals surface area (Å²) in [6.45, 7) is 3.72. The van der Waals surface area contributed by atoms with Gasteiger partial charge in [0.15, 0.2) is 0 Å². The summed E-state index contributed by atoms with van der Waals surface area (Å²) in [6.07, 6.45) is -1.74. The minimum absolute atomic E-state index is 0.0886. The van der Waals surface area contributed by atoms with E-state index in [2.05, 4.69) is 5.10 Å². The van der Waals surface area contributed by atoms with Crippen molar-refractivity contribution in [3.05, 3.63) is 47.3 Å². The molecule has 1 saturated heterocycles. The van der Waals surface area contributed by atoms with Gasteiger partial charge in [0.2, 0.25) is 0 Å². The molecule has 1 amide bonds. The molecule has 2 heterocycles. The first-order chi connectivity index (χ1) is 14.4. The maximum atomic E-state index is 13.5. The van der Waals surface area contributed by atoms with Crippen molar-refractivity contribution in [3.63, 3.8) is 0 Å². The number of methoxy groups -OCH3 is 1. The van der Waals surface area contributed by atoms with E-state index >= 15 is 0 Å². The molecule has 0 atom stereocenters. The summed E-state index contributed by atoms with van der Waals surface area (Å²) in [4.78, 5) is 28.2. The molecule has 1 fully saturated rings. The number of nitrogens with zero attached hydrogens (tertiary/aromatic N) is 4. The van der Waals surface area contributed by atoms with Crippen molar-refractivity contribution in [3.8, 4) is 5.75 Å². The van der Waals surface area contributed by atoms with E-state index in [1.54, 1.807) is 43.2 Å². The summed E-state index contributed by atoms with van der Waals surface area (Å²) in [5.74, 6) is -0.226. The van der Waals surface area contributed by atoms with Crippen LogP contribution in [0.1, 0.15) is 39.8 Å². The lowest BCUT2D eigenvalue weighted by atomic mass is 10.1. The van der Waals surface area contributed by atoms with Crippen molar-refractivity contribution < 1.29 is 27.8 Å². The fraction of sp³-hybridized carbons (Fsp3) is 0.450. The van der Waals surface area contributed by atoms with E-state index in [0.29, 0.717) is 37.5 Å². The van der Waals surface area contributed by atoms with Crippen LogP contribution in [0.4, 0.5) is 8.78 Å². The van der Waals surface area contributed by atoms with Crippen molar-refractivity contribution in [1.29, 1.82) is 0 Å². The average molecular weight is 422 g/mol. The number of ether oxygens (including phenoxy) is 2. The predicted octanol–water partition coefficient (Wildman–Crippen LogP) is 2.42. The molecule has 1 aromatic heterocycles. The van der Waals surface area contributed by atoms with E-state index in [1.807, 2.05) is 4.90 Å². The summed E-state index contributed by atoms with van der Waals surface area (Å²) in [7, 11) is 1.56. The predicted molar refractivity (Wildman–Crippen MR) is 104 cm³/mol. The number of halogens is 2. The number of benzene rings is 1. The number of alkyl halides is 2. The van der Waals surface area contributed by atoms with Gasteiger partial charge >= 0.3 is 5.97 Å². The Morgan fingerprint density at radius 2 is 1.80 bits per heavy atom. The van der Waals surface area contributed by atoms with E-state index in [1.165, 1.54) is 0 Å². The highest BCUT2D eigenvalue weighted by Crippen LogP contribution is 2.24. The number of hydrogen-bond donors (Lipinski definition) is 0. The van der Waals surface area contributed by atoms with Crippen LogP contribution in [0.3, 0.4) is 0 Å². The highest BCUT2D eigenvalue weighted by molar-refractivity contribution is 5.94. The minimum Gasteiger partial charge on any atom is -0.497 e. The van der Waals surface area contributed by atoms with Crippen LogP contribution in [0.15, 0.2) is 30.5 Å². The summed E-state index contributed by atoms with van der Waals surface area (Å²) in [6, 6.07) is 6.88. The van der Waals surface area contributed by atoms with Crippen molar-refractivity contribution >= 4 is 11.9 Å². The molecule has 0 bridgehead atoms. The van der Waals surface area contributed by atoms with E-state index in [4.69, 9.17) is 9.47 Å². The van der Waals surface area contributed by atoms with Gasteiger partial charge in [-0.15, -0.1) is 0 Å². The first-order valence-corrected chi connectivity index (χ1v) is 9.61. The smallest absolute Gasteiger partial charge is 0.341 e. The number of aromatic nitrogens is 2. The molecule has 1 aromatic carbocycles. The normalized spacial score (nSPS) is 14.8. The Morgan fingerprint density at radius 1 is 1.13 bits per heavy atom. The molecule has 0 radical (unpaired) electrons. The summed E-state index contributed by atoms with van der Waals surface area (Å²) in [5.41, 5.74) is -0.110. The van der Waals surface area contributed by atoms with Crippen LogP contribution in [0.5, 0.6) is 5.75 Å². The molecule has 1 aliphatic rings. The second-order valence-corrected chi connectivity index (χ2v) is 6.74. The average Bonchev–Trinajstić information content (AvgIpc) is 3.18. The molecule has 0 aliphatic carbocycles. The Balaban J connectivity index is 1.62. The van der Waals surface area contributed by atoms with Crippen LogP contribution in [0, 0.1) is 0 Å². The lowest BCUT2D eigenvalue weighted by molar-refractivity contribution is 0.0500. The number of amides is 1. The Kier molecular flexibility index (Phi) is 6.99. The lowest BCUT2D eigenvalue weighted by Gasteiger charge is -2.34. The third kappa shape index (κ3) is 4.76. The zero-order valence-corrected chi connectivity index (χ0v) is 16.9. The first-order valence-electron chi connectivity index (χ1n) is 9.61. The molecule has 0 unspecified atom stereocenters. The fourth-order valence-electron chi connectivity index (χ4n) is 3.30. The molecule has 0 spiro atoms. The molecule has 1 aliphatic heterocycles. The molecular weight excluding hydrogens is 398 g/mol. The van der Waals surface area contributed by atoms with Gasteiger partial charge < -0.3 is 14.4 Å². The number of hydrogen-bond acceptors (Lipinski definition) is 6. The van der Waals surface area contributed by atoms with Crippen LogP contribution >= 0.6 is 0 Å². The van der Waals surface area contributed by atoms with Crippen molar-refractivity contribution in [1.82, 2.24) is 19.6 Å². The van der Waals surface area contributed by atoms with E-state index in [-0.39, 0.29) is 24.7 Å². The third-order valence-corrected chi connectivity index (χ3v) is 4.91. The maximum absolute atomic E-state index is 13.5. The standard InChI is InChI=1S/C20H24F2N4O4/c1-3-30-20(28)16-12-23-26(17(16)18(21)22)13-24-8-10-25(11-9-24)19(27)14-4-6-15(29-2)7-5-14/h4-7,12,18H,3,8-11,13H2,1-2H3. The monoisotopic (exact) mass is 422 g/mol. The number of esters is 1. The second kappa shape index (κ2) is 9.66. The van der Waals surface area contributed by atoms with Crippen LogP contribution < -0.4 is 4.74 Å². The Bertz CT molecular complexity index is 877. The van der Waals surface area contributed by atoms with Gasteiger partial charge in [0.05, 0.1) is 26.6 Å². The van der Waals surface area contributed by atoms with Crippen LogP contribution in [0.2, 0.25) is 0 Å². The van der Waals surface area contributed by atoms with Crippen LogP contribution in [-0.4, -0.2) is 71.4 Å². The number of rotatable bonds is 7. The molecular formula is C20H24F2N4O4. The van der Waals surface area contributed by atoms with Crippen molar-refractivity contribution in [2.75, 3.05) is 39.9 Å². The van der Waals surface area contributed by atoms with Gasteiger partial charge in [-0.25, -0.2) is 18.3 Å². The SMILES string of the molecule is CCOC(=O)c1cnn(CN2CCN(C(=O)c3ccc(OC)cc3)CC2)c1C(F)F. The third-order valence-electron chi connectivity index (χ3n) is 4.91. The van der Waals surface area contributed by atoms with Crippen molar-refractivity contribution in [2.24, 2.45) is 0 Å². The number of carbonyl (C=O) groups excluding carboxylic acids is 2. The number of piperazine rings is 1. The fourth-order valence-corrected chi connectivity index (χ4v) is 3.30. The van der Waals surface area contributed by atoms with Crippen molar-refractivity contribution in [2.45, 2.75) is 20.0 Å². The Morgan fingerprint density at radius 3 is 2.37 bits per heavy atom. The number of carbonyl (C=O) groups is 2. The highest BCUT2D eigenvalue weighted by atomic mass is 19.3. The minimum atomic E-state index is -2.86. The van der Waals surface area contributed by atoms with E-state index in [9.17, 15) is 18.4 Å². The lowest BCUT2D eigenvalue weighted by Crippen LogP contribution is -2.49. The van der Waals surface area contributed by atoms with Crippen LogP contribution in [-0.2, 0) is 11.4 Å². The highest BCUT2D eigenvalue weighted by Gasteiger charge is 2.28. The van der Waals surface area contributed by atoms with E-state index in [0.717, 1.165) is 10.9 Å². The quantitative estimate of drug-likeness (QED) is 0.638. The largest absolute Gasteiger partial charge is 0.497 e. The molecule has 10 heteroatoms. The topological polar surface area (TPSA) is 76.9 Å². The van der Waals surface area contributed by atoms with Gasteiger partial charge in [0, 0.05) is 31.7 Å². The van der Waals surface area contributed by atoms with Gasteiger partial charge in [-0.2, -0.15) is 5.10 Å². The molecule has 2 aromatic rings. The zero-order valence-electron chi connectivity index (χ0n) is 16.9. The second-order valence-electron chi connectivity index (χ2n) is 6.74. The molecule has 0 saturated carbocycles. The summed E-state index contributed by atoms with van der Waals surface area (Å²) < 4.78 is 38.1. The van der Waals surface area contributed by atoms with Gasteiger partial charge in [0.1, 0.15) is 17.0 Å². The maximum Gasteiger partial charge on any atom is 0.341 e. The molecule has 8 nitrogen and oxygen atoms in total. The van der Waals surface area contributed by atoms with Crippen LogP contribution in [0.25, 0.3) is 0 Å². The van der Waals surface area contributed by atoms with Gasteiger partial charge in [-0.05, 0) is 31.2 Å². The summed E-state index contributed by atoms with van der Waals surface area (Å²) >= 11 is 0. The zero-order chi connectivity index (χ0) is 21.7. The van der Waals surface area contributed by atoms with Gasteiger partial charge in [-0.1, -0.05) is 0 Å². The molecule has 0 N–H and O–H groups in total. The Hall–Kier alpha value is -3.01. The van der Waals surface area contributed by atoms with Gasteiger partial charge in [-0.3, -0.25) is 9.69 Å². The Labute approximate surface area is 173 Å².